The van der Waals surface area contributed by atoms with Gasteiger partial charge < -0.3 is 20.2 Å². The van der Waals surface area contributed by atoms with Gasteiger partial charge in [0.2, 0.25) is 5.95 Å². The first-order valence-electron chi connectivity index (χ1n) is 7.15. The molecule has 0 radical (unpaired) electrons. The molecule has 1 saturated heterocycles. The zero-order valence-electron chi connectivity index (χ0n) is 13.0. The number of amides is 2. The van der Waals surface area contributed by atoms with Crippen molar-refractivity contribution >= 4 is 23.6 Å². The predicted molar refractivity (Wildman–Crippen MR) is 81.9 cm³/mol. The van der Waals surface area contributed by atoms with E-state index in [1.54, 1.807) is 4.90 Å². The summed E-state index contributed by atoms with van der Waals surface area (Å²) in [5.74, 6) is -0.659. The van der Waals surface area contributed by atoms with Crippen LogP contribution in [-0.4, -0.2) is 59.2 Å². The van der Waals surface area contributed by atoms with Gasteiger partial charge in [-0.2, -0.15) is 0 Å². The second kappa shape index (κ2) is 6.59. The van der Waals surface area contributed by atoms with E-state index < -0.39 is 11.9 Å². The molecule has 1 aliphatic rings. The Kier molecular flexibility index (Phi) is 4.79. The molecular formula is C14H21N5O3. The molecule has 120 valence electrons. The van der Waals surface area contributed by atoms with Crippen molar-refractivity contribution in [3.8, 4) is 0 Å². The van der Waals surface area contributed by atoms with Crippen LogP contribution in [0.1, 0.15) is 13.3 Å². The highest BCUT2D eigenvalue weighted by Gasteiger charge is 2.31. The number of aliphatic carboxylic acids is 1. The van der Waals surface area contributed by atoms with Crippen LogP contribution >= 0.6 is 0 Å². The van der Waals surface area contributed by atoms with E-state index in [4.69, 9.17) is 5.11 Å². The smallest absolute Gasteiger partial charge is 0.321 e. The maximum Gasteiger partial charge on any atom is 0.321 e. The molecule has 0 spiro atoms. The van der Waals surface area contributed by atoms with Crippen molar-refractivity contribution in [1.29, 1.82) is 0 Å². The third-order valence-corrected chi connectivity index (χ3v) is 3.59. The fourth-order valence-corrected chi connectivity index (χ4v) is 2.52. The summed E-state index contributed by atoms with van der Waals surface area (Å²) in [7, 11) is 3.66. The Bertz CT molecular complexity index is 546. The zero-order valence-corrected chi connectivity index (χ0v) is 13.0. The second-order valence-electron chi connectivity index (χ2n) is 5.88. The summed E-state index contributed by atoms with van der Waals surface area (Å²) in [5, 5.41) is 11.9. The average Bonchev–Trinajstić information content (AvgIpc) is 2.47. The van der Waals surface area contributed by atoms with Gasteiger partial charge in [-0.3, -0.25) is 4.79 Å². The number of urea groups is 1. The summed E-state index contributed by atoms with van der Waals surface area (Å²) < 4.78 is 0. The van der Waals surface area contributed by atoms with Crippen LogP contribution in [0.25, 0.3) is 0 Å². The van der Waals surface area contributed by atoms with Crippen LogP contribution in [-0.2, 0) is 4.79 Å². The Balaban J connectivity index is 2.00. The normalized spacial score (nSPS) is 21.3. The summed E-state index contributed by atoms with van der Waals surface area (Å²) in [6, 6.07) is -0.320. The number of hydrogen-bond acceptors (Lipinski definition) is 5. The fraction of sp³-hybridized carbons (Fsp3) is 0.571. The van der Waals surface area contributed by atoms with Crippen molar-refractivity contribution in [2.75, 3.05) is 37.4 Å². The van der Waals surface area contributed by atoms with Crippen LogP contribution in [0.2, 0.25) is 0 Å². The minimum Gasteiger partial charge on any atom is -0.481 e. The minimum atomic E-state index is -0.858. The van der Waals surface area contributed by atoms with Crippen LogP contribution in [0, 0.1) is 11.8 Å². The number of aromatic nitrogens is 2. The molecule has 2 amide bonds. The lowest BCUT2D eigenvalue weighted by molar-refractivity contribution is -0.143. The highest BCUT2D eigenvalue weighted by molar-refractivity contribution is 5.89. The fourth-order valence-electron chi connectivity index (χ4n) is 2.52. The number of hydrogen-bond donors (Lipinski definition) is 2. The van der Waals surface area contributed by atoms with E-state index in [-0.39, 0.29) is 18.5 Å². The number of carbonyl (C=O) groups is 2. The van der Waals surface area contributed by atoms with Crippen molar-refractivity contribution in [2.24, 2.45) is 11.8 Å². The van der Waals surface area contributed by atoms with E-state index in [9.17, 15) is 9.59 Å². The topological polar surface area (TPSA) is 98.7 Å². The van der Waals surface area contributed by atoms with E-state index in [0.717, 1.165) is 0 Å². The van der Waals surface area contributed by atoms with Gasteiger partial charge in [-0.1, -0.05) is 6.92 Å². The van der Waals surface area contributed by atoms with Gasteiger partial charge in [0, 0.05) is 27.2 Å². The molecule has 0 aromatic carbocycles. The van der Waals surface area contributed by atoms with E-state index >= 15 is 0 Å². The SMILES string of the molecule is CC1CC(C(=O)O)CN(C(=O)Nc2cnc(N(C)C)nc2)C1. The van der Waals surface area contributed by atoms with E-state index in [1.165, 1.54) is 17.3 Å². The van der Waals surface area contributed by atoms with Crippen LogP contribution in [0.5, 0.6) is 0 Å². The molecule has 0 saturated carbocycles. The number of nitrogens with zero attached hydrogens (tertiary/aromatic N) is 4. The first kappa shape index (κ1) is 16.0. The number of piperidine rings is 1. The maximum atomic E-state index is 12.3. The maximum absolute atomic E-state index is 12.3. The Labute approximate surface area is 129 Å². The van der Waals surface area contributed by atoms with Crippen molar-refractivity contribution in [2.45, 2.75) is 13.3 Å². The molecule has 1 fully saturated rings. The van der Waals surface area contributed by atoms with Gasteiger partial charge in [0.1, 0.15) is 0 Å². The Morgan fingerprint density at radius 3 is 2.50 bits per heavy atom. The van der Waals surface area contributed by atoms with Crippen molar-refractivity contribution < 1.29 is 14.7 Å². The monoisotopic (exact) mass is 307 g/mol. The number of carbonyl (C=O) groups excluding carboxylic acids is 1. The summed E-state index contributed by atoms with van der Waals surface area (Å²) in [6.45, 7) is 2.72. The molecule has 2 unspecified atom stereocenters. The zero-order chi connectivity index (χ0) is 16.3. The number of rotatable bonds is 3. The van der Waals surface area contributed by atoms with Crippen LogP contribution in [0.3, 0.4) is 0 Å². The quantitative estimate of drug-likeness (QED) is 0.868. The highest BCUT2D eigenvalue weighted by Crippen LogP contribution is 2.22. The van der Waals surface area contributed by atoms with Gasteiger partial charge in [0.15, 0.2) is 0 Å². The van der Waals surface area contributed by atoms with Crippen molar-refractivity contribution in [1.82, 2.24) is 14.9 Å². The lowest BCUT2D eigenvalue weighted by atomic mass is 9.91. The van der Waals surface area contributed by atoms with Gasteiger partial charge in [-0.25, -0.2) is 14.8 Å². The van der Waals surface area contributed by atoms with Crippen LogP contribution in [0.4, 0.5) is 16.4 Å². The molecule has 2 atom stereocenters. The first-order valence-corrected chi connectivity index (χ1v) is 7.15. The second-order valence-corrected chi connectivity index (χ2v) is 5.88. The largest absolute Gasteiger partial charge is 0.481 e. The van der Waals surface area contributed by atoms with Crippen LogP contribution < -0.4 is 10.2 Å². The first-order chi connectivity index (χ1) is 10.4. The molecule has 2 N–H and O–H groups in total. The number of anilines is 2. The predicted octanol–water partition coefficient (Wildman–Crippen LogP) is 1.12. The third kappa shape index (κ3) is 3.84. The molecule has 2 heterocycles. The van der Waals surface area contributed by atoms with Crippen molar-refractivity contribution in [3.05, 3.63) is 12.4 Å². The lowest BCUT2D eigenvalue weighted by Gasteiger charge is -2.34. The third-order valence-electron chi connectivity index (χ3n) is 3.59. The van der Waals surface area contributed by atoms with Gasteiger partial charge in [-0.05, 0) is 12.3 Å². The highest BCUT2D eigenvalue weighted by atomic mass is 16.4. The summed E-state index contributed by atoms with van der Waals surface area (Å²) >= 11 is 0. The summed E-state index contributed by atoms with van der Waals surface area (Å²) in [4.78, 5) is 34.9. The molecule has 1 aromatic rings. The number of nitrogens with one attached hydrogen (secondary N) is 1. The lowest BCUT2D eigenvalue weighted by Crippen LogP contribution is -2.47. The molecule has 0 bridgehead atoms. The molecule has 1 aliphatic heterocycles. The Morgan fingerprint density at radius 1 is 1.32 bits per heavy atom. The molecule has 0 aliphatic carbocycles. The molecule has 8 heteroatoms. The van der Waals surface area contributed by atoms with Crippen LogP contribution in [0.15, 0.2) is 12.4 Å². The van der Waals surface area contributed by atoms with E-state index in [0.29, 0.717) is 24.6 Å². The minimum absolute atomic E-state index is 0.160. The van der Waals surface area contributed by atoms with Gasteiger partial charge in [-0.15, -0.1) is 0 Å². The van der Waals surface area contributed by atoms with Gasteiger partial charge >= 0.3 is 12.0 Å². The molecular weight excluding hydrogens is 286 g/mol. The average molecular weight is 307 g/mol. The molecule has 8 nitrogen and oxygen atoms in total. The van der Waals surface area contributed by atoms with Gasteiger partial charge in [0.05, 0.1) is 24.0 Å². The standard InChI is InChI=1S/C14H21N5O3/c1-9-4-10(12(20)21)8-19(7-9)14(22)17-11-5-15-13(16-6-11)18(2)3/h5-6,9-10H,4,7-8H2,1-3H3,(H,17,22)(H,20,21). The van der Waals surface area contributed by atoms with Gasteiger partial charge in [0.25, 0.3) is 0 Å². The summed E-state index contributed by atoms with van der Waals surface area (Å²) in [6.07, 6.45) is 3.66. The van der Waals surface area contributed by atoms with Crippen molar-refractivity contribution in [3.63, 3.8) is 0 Å². The Morgan fingerprint density at radius 2 is 1.95 bits per heavy atom. The number of carboxylic acids is 1. The van der Waals surface area contributed by atoms with E-state index in [1.807, 2.05) is 21.0 Å². The summed E-state index contributed by atoms with van der Waals surface area (Å²) in [5.41, 5.74) is 0.487. The Hall–Kier alpha value is -2.38. The number of carboxylic acid groups (broad SMARTS) is 1. The molecule has 2 rings (SSSR count). The number of likely N-dealkylation sites (tertiary alicyclic amines) is 1. The molecule has 1 aromatic heterocycles. The molecule has 22 heavy (non-hydrogen) atoms. The van der Waals surface area contributed by atoms with E-state index in [2.05, 4.69) is 15.3 Å².